The zero-order valence-corrected chi connectivity index (χ0v) is 17.1. The zero-order valence-electron chi connectivity index (χ0n) is 17.1. The predicted molar refractivity (Wildman–Crippen MR) is 112 cm³/mol. The number of ether oxygens (including phenoxy) is 1. The summed E-state index contributed by atoms with van der Waals surface area (Å²) >= 11 is 0. The van der Waals surface area contributed by atoms with Crippen LogP contribution in [-0.2, 0) is 0 Å². The van der Waals surface area contributed by atoms with Gasteiger partial charge in [-0.1, -0.05) is 77.0 Å². The van der Waals surface area contributed by atoms with E-state index >= 15 is 0 Å². The molecule has 0 spiro atoms. The lowest BCUT2D eigenvalue weighted by atomic mass is 10.1. The summed E-state index contributed by atoms with van der Waals surface area (Å²) in [6, 6.07) is 12.2. The second-order valence-corrected chi connectivity index (χ2v) is 7.00. The number of rotatable bonds is 13. The van der Waals surface area contributed by atoms with E-state index in [9.17, 15) is 0 Å². The molecule has 0 aliphatic rings. The quantitative estimate of drug-likeness (QED) is 0.425. The molecule has 1 heterocycles. The van der Waals surface area contributed by atoms with Crippen LogP contribution >= 0.6 is 0 Å². The summed E-state index contributed by atoms with van der Waals surface area (Å²) in [5, 5.41) is 5.48. The van der Waals surface area contributed by atoms with Crippen LogP contribution < -0.4 is 10.1 Å². The molecule has 0 atom stereocenters. The minimum atomic E-state index is 0.722. The van der Waals surface area contributed by atoms with E-state index in [0.29, 0.717) is 0 Å². The molecule has 0 saturated carbocycles. The molecule has 1 aromatic heterocycles. The van der Waals surface area contributed by atoms with Gasteiger partial charge in [0.25, 0.3) is 0 Å². The first kappa shape index (κ1) is 21.2. The summed E-state index contributed by atoms with van der Waals surface area (Å²) in [6.07, 6.45) is 12.9. The summed E-state index contributed by atoms with van der Waals surface area (Å²) in [5.41, 5.74) is 1.01. The van der Waals surface area contributed by atoms with Crippen LogP contribution in [0.15, 0.2) is 47.6 Å². The van der Waals surface area contributed by atoms with Gasteiger partial charge < -0.3 is 4.74 Å². The van der Waals surface area contributed by atoms with Crippen LogP contribution in [0, 0.1) is 0 Å². The molecule has 2 aromatic rings. The number of benzene rings is 1. The van der Waals surface area contributed by atoms with Gasteiger partial charge in [0.15, 0.2) is 0 Å². The van der Waals surface area contributed by atoms with E-state index in [1.165, 1.54) is 44.9 Å². The van der Waals surface area contributed by atoms with Crippen LogP contribution in [0.2, 0.25) is 0 Å². The standard InChI is InChI=1S/C23H35N3O/c1-3-5-7-8-9-14-18-27-23-19-21(24-17-13-6-4-2)20-25-26(23)22-15-11-10-12-16-22/h10-12,15-16,19-20H,3-9,13-14,17-18H2,1-2H3. The number of para-hydroxylation sites is 1. The number of aromatic nitrogens is 2. The first-order valence-electron chi connectivity index (χ1n) is 10.6. The summed E-state index contributed by atoms with van der Waals surface area (Å²) in [6.45, 7) is 6.03. The molecule has 0 saturated heterocycles. The monoisotopic (exact) mass is 369 g/mol. The molecule has 4 nitrogen and oxygen atoms in total. The molecule has 0 aliphatic carbocycles. The Bertz CT molecular complexity index is 694. The second-order valence-electron chi connectivity index (χ2n) is 7.00. The van der Waals surface area contributed by atoms with E-state index in [1.54, 1.807) is 0 Å². The molecule has 1 aromatic carbocycles. The molecule has 2 rings (SSSR count). The lowest BCUT2D eigenvalue weighted by Gasteiger charge is -2.13. The Balaban J connectivity index is 2.03. The minimum absolute atomic E-state index is 0.722. The Kier molecular flexibility index (Phi) is 10.3. The van der Waals surface area contributed by atoms with Crippen molar-refractivity contribution in [2.45, 2.75) is 71.6 Å². The van der Waals surface area contributed by atoms with Gasteiger partial charge in [-0.2, -0.15) is 5.10 Å². The van der Waals surface area contributed by atoms with Crippen LogP contribution in [0.25, 0.3) is 5.69 Å². The molecular formula is C23H35N3O. The fraction of sp³-hybridized carbons (Fsp3) is 0.565. The van der Waals surface area contributed by atoms with E-state index < -0.39 is 0 Å². The van der Waals surface area contributed by atoms with Gasteiger partial charge in [0, 0.05) is 12.6 Å². The highest BCUT2D eigenvalue weighted by Gasteiger charge is 2.05. The third-order valence-corrected chi connectivity index (χ3v) is 4.59. The Hall–Kier alpha value is -2.10. The van der Waals surface area contributed by atoms with Crippen LogP contribution in [0.3, 0.4) is 0 Å². The summed E-state index contributed by atoms with van der Waals surface area (Å²) in [4.78, 5) is 4.66. The smallest absolute Gasteiger partial charge is 0.217 e. The summed E-state index contributed by atoms with van der Waals surface area (Å²) in [5.74, 6) is 0.770. The maximum Gasteiger partial charge on any atom is 0.217 e. The SMILES string of the molecule is CCCCCCCCOc1cc(=NCCCCC)cnn1-c1ccccc1. The third-order valence-electron chi connectivity index (χ3n) is 4.59. The molecule has 0 unspecified atom stereocenters. The lowest BCUT2D eigenvalue weighted by molar-refractivity contribution is 0.280. The molecule has 0 fully saturated rings. The van der Waals surface area contributed by atoms with Gasteiger partial charge in [-0.25, -0.2) is 4.68 Å². The predicted octanol–water partition coefficient (Wildman–Crippen LogP) is 5.70. The van der Waals surface area contributed by atoms with Gasteiger partial charge in [-0.05, 0) is 25.0 Å². The van der Waals surface area contributed by atoms with Gasteiger partial charge in [0.1, 0.15) is 0 Å². The van der Waals surface area contributed by atoms with E-state index in [0.717, 1.165) is 42.9 Å². The molecule has 27 heavy (non-hydrogen) atoms. The van der Waals surface area contributed by atoms with Crippen molar-refractivity contribution in [3.05, 3.63) is 48.0 Å². The van der Waals surface area contributed by atoms with Crippen molar-refractivity contribution in [1.82, 2.24) is 9.78 Å². The van der Waals surface area contributed by atoms with E-state index in [1.807, 2.05) is 47.3 Å². The first-order chi connectivity index (χ1) is 13.3. The normalized spacial score (nSPS) is 11.7. The molecular weight excluding hydrogens is 334 g/mol. The zero-order chi connectivity index (χ0) is 19.2. The van der Waals surface area contributed by atoms with Crippen molar-refractivity contribution >= 4 is 0 Å². The topological polar surface area (TPSA) is 39.4 Å². The lowest BCUT2D eigenvalue weighted by Crippen LogP contribution is -2.15. The van der Waals surface area contributed by atoms with E-state index in [4.69, 9.17) is 4.74 Å². The van der Waals surface area contributed by atoms with Crippen LogP contribution in [0.4, 0.5) is 0 Å². The molecule has 0 radical (unpaired) electrons. The minimum Gasteiger partial charge on any atom is -0.478 e. The Morgan fingerprint density at radius 1 is 0.889 bits per heavy atom. The molecule has 0 aliphatic heterocycles. The van der Waals surface area contributed by atoms with Crippen molar-refractivity contribution in [2.75, 3.05) is 13.2 Å². The van der Waals surface area contributed by atoms with Crippen molar-refractivity contribution in [1.29, 1.82) is 0 Å². The molecule has 148 valence electrons. The average molecular weight is 370 g/mol. The van der Waals surface area contributed by atoms with Crippen LogP contribution in [0.5, 0.6) is 5.88 Å². The van der Waals surface area contributed by atoms with Gasteiger partial charge in [0.05, 0.1) is 23.8 Å². The fourth-order valence-electron chi connectivity index (χ4n) is 2.98. The molecule has 0 bridgehead atoms. The average Bonchev–Trinajstić information content (AvgIpc) is 2.71. The third kappa shape index (κ3) is 7.98. The molecule has 0 amide bonds. The van der Waals surface area contributed by atoms with Crippen LogP contribution in [-0.4, -0.2) is 22.9 Å². The van der Waals surface area contributed by atoms with Gasteiger partial charge in [0.2, 0.25) is 5.88 Å². The Labute approximate surface area is 164 Å². The van der Waals surface area contributed by atoms with Crippen molar-refractivity contribution in [2.24, 2.45) is 4.99 Å². The highest BCUT2D eigenvalue weighted by atomic mass is 16.5. The highest BCUT2D eigenvalue weighted by molar-refractivity contribution is 5.33. The molecule has 0 N–H and O–H groups in total. The second kappa shape index (κ2) is 13.1. The van der Waals surface area contributed by atoms with Crippen molar-refractivity contribution in [3.63, 3.8) is 0 Å². The molecule has 4 heteroatoms. The van der Waals surface area contributed by atoms with Gasteiger partial charge >= 0.3 is 0 Å². The largest absolute Gasteiger partial charge is 0.478 e. The van der Waals surface area contributed by atoms with Gasteiger partial charge in [-0.15, -0.1) is 0 Å². The Morgan fingerprint density at radius 3 is 2.37 bits per heavy atom. The number of hydrogen-bond donors (Lipinski definition) is 0. The van der Waals surface area contributed by atoms with Gasteiger partial charge in [-0.3, -0.25) is 4.99 Å². The van der Waals surface area contributed by atoms with Crippen molar-refractivity contribution in [3.8, 4) is 11.6 Å². The first-order valence-corrected chi connectivity index (χ1v) is 10.6. The fourth-order valence-corrected chi connectivity index (χ4v) is 2.98. The number of unbranched alkanes of at least 4 members (excludes halogenated alkanes) is 7. The summed E-state index contributed by atoms with van der Waals surface area (Å²) < 4.78 is 7.97. The maximum atomic E-state index is 6.11. The number of nitrogens with zero attached hydrogens (tertiary/aromatic N) is 3. The van der Waals surface area contributed by atoms with E-state index in [-0.39, 0.29) is 0 Å². The van der Waals surface area contributed by atoms with E-state index in [2.05, 4.69) is 23.9 Å². The highest BCUT2D eigenvalue weighted by Crippen LogP contribution is 2.15. The van der Waals surface area contributed by atoms with Crippen molar-refractivity contribution < 1.29 is 4.74 Å². The summed E-state index contributed by atoms with van der Waals surface area (Å²) in [7, 11) is 0. The Morgan fingerprint density at radius 2 is 1.59 bits per heavy atom. The number of hydrogen-bond acceptors (Lipinski definition) is 3. The van der Waals surface area contributed by atoms with Crippen LogP contribution in [0.1, 0.15) is 71.6 Å². The maximum absolute atomic E-state index is 6.11.